The van der Waals surface area contributed by atoms with Crippen molar-refractivity contribution in [1.29, 1.82) is 0 Å². The third kappa shape index (κ3) is 2.40. The summed E-state index contributed by atoms with van der Waals surface area (Å²) in [6, 6.07) is 0. The van der Waals surface area contributed by atoms with E-state index in [-0.39, 0.29) is 5.92 Å². The summed E-state index contributed by atoms with van der Waals surface area (Å²) < 4.78 is 0. The van der Waals surface area contributed by atoms with Gasteiger partial charge in [-0.15, -0.1) is 0 Å². The Morgan fingerprint density at radius 3 is 2.87 bits per heavy atom. The molecule has 84 valence electrons. The average Bonchev–Trinajstić information content (AvgIpc) is 2.78. The molecule has 2 aliphatic rings. The molecule has 1 aliphatic carbocycles. The minimum atomic E-state index is 0.242. The first-order chi connectivity index (χ1) is 7.31. The highest BCUT2D eigenvalue weighted by atomic mass is 16.2. The molecular weight excluding hydrogens is 188 g/mol. The summed E-state index contributed by atoms with van der Waals surface area (Å²) in [5.41, 5.74) is 5.63. The van der Waals surface area contributed by atoms with E-state index < -0.39 is 0 Å². The number of rotatable bonds is 2. The van der Waals surface area contributed by atoms with Gasteiger partial charge in [-0.05, 0) is 38.1 Å². The third-order valence-electron chi connectivity index (χ3n) is 3.55. The van der Waals surface area contributed by atoms with Crippen LogP contribution in [-0.2, 0) is 4.79 Å². The van der Waals surface area contributed by atoms with Crippen molar-refractivity contribution in [1.82, 2.24) is 4.90 Å². The summed E-state index contributed by atoms with van der Waals surface area (Å²) in [6.45, 7) is 2.52. The van der Waals surface area contributed by atoms with E-state index in [2.05, 4.69) is 12.2 Å². The molecule has 2 atom stereocenters. The summed E-state index contributed by atoms with van der Waals surface area (Å²) in [6.07, 6.45) is 8.43. The second-order valence-electron chi connectivity index (χ2n) is 4.66. The van der Waals surface area contributed by atoms with Gasteiger partial charge in [-0.2, -0.15) is 0 Å². The number of amides is 1. The molecule has 1 fully saturated rings. The van der Waals surface area contributed by atoms with E-state index >= 15 is 0 Å². The number of nitrogens with two attached hydrogens (primary N) is 1. The van der Waals surface area contributed by atoms with Gasteiger partial charge in [-0.3, -0.25) is 4.79 Å². The molecular formula is C12H20N2O. The summed E-state index contributed by atoms with van der Waals surface area (Å²) in [7, 11) is 0. The summed E-state index contributed by atoms with van der Waals surface area (Å²) in [4.78, 5) is 14.1. The van der Waals surface area contributed by atoms with Crippen molar-refractivity contribution < 1.29 is 4.79 Å². The zero-order valence-corrected chi connectivity index (χ0v) is 9.19. The van der Waals surface area contributed by atoms with E-state index in [1.807, 2.05) is 4.90 Å². The Balaban J connectivity index is 1.88. The van der Waals surface area contributed by atoms with Gasteiger partial charge in [0.15, 0.2) is 0 Å². The Kier molecular flexibility index (Phi) is 3.41. The first-order valence-corrected chi connectivity index (χ1v) is 5.95. The van der Waals surface area contributed by atoms with Crippen LogP contribution in [0.15, 0.2) is 12.2 Å². The van der Waals surface area contributed by atoms with Crippen LogP contribution in [0.3, 0.4) is 0 Å². The molecule has 0 saturated carbocycles. The topological polar surface area (TPSA) is 46.3 Å². The highest BCUT2D eigenvalue weighted by Crippen LogP contribution is 2.24. The van der Waals surface area contributed by atoms with E-state index in [0.717, 1.165) is 38.8 Å². The molecule has 2 unspecified atom stereocenters. The molecule has 0 spiro atoms. The Hall–Kier alpha value is -0.830. The van der Waals surface area contributed by atoms with Gasteiger partial charge in [0.05, 0.1) is 0 Å². The molecule has 0 aromatic carbocycles. The number of carbonyl (C=O) groups excluding carboxylic acids is 1. The maximum absolute atomic E-state index is 12.1. The first kappa shape index (κ1) is 10.7. The highest BCUT2D eigenvalue weighted by Gasteiger charge is 2.29. The fourth-order valence-electron chi connectivity index (χ4n) is 2.50. The van der Waals surface area contributed by atoms with Gasteiger partial charge in [0.2, 0.25) is 5.91 Å². The molecule has 0 aromatic rings. The lowest BCUT2D eigenvalue weighted by Crippen LogP contribution is -2.35. The predicted molar refractivity (Wildman–Crippen MR) is 60.2 cm³/mol. The van der Waals surface area contributed by atoms with Crippen molar-refractivity contribution in [3.05, 3.63) is 12.2 Å². The Morgan fingerprint density at radius 1 is 1.40 bits per heavy atom. The van der Waals surface area contributed by atoms with E-state index in [1.54, 1.807) is 0 Å². The Bertz CT molecular complexity index is 262. The Labute approximate surface area is 91.3 Å². The van der Waals surface area contributed by atoms with E-state index in [9.17, 15) is 4.79 Å². The van der Waals surface area contributed by atoms with Gasteiger partial charge in [-0.1, -0.05) is 12.2 Å². The smallest absolute Gasteiger partial charge is 0.226 e. The normalized spacial score (nSPS) is 30.9. The van der Waals surface area contributed by atoms with Crippen LogP contribution in [0, 0.1) is 11.8 Å². The molecule has 15 heavy (non-hydrogen) atoms. The number of hydrogen-bond acceptors (Lipinski definition) is 2. The van der Waals surface area contributed by atoms with Crippen LogP contribution in [0.5, 0.6) is 0 Å². The molecule has 3 nitrogen and oxygen atoms in total. The second kappa shape index (κ2) is 4.79. The van der Waals surface area contributed by atoms with Crippen molar-refractivity contribution in [2.24, 2.45) is 17.6 Å². The van der Waals surface area contributed by atoms with Crippen LogP contribution < -0.4 is 5.73 Å². The summed E-state index contributed by atoms with van der Waals surface area (Å²) >= 11 is 0. The number of hydrogen-bond donors (Lipinski definition) is 1. The average molecular weight is 208 g/mol. The zero-order valence-electron chi connectivity index (χ0n) is 9.19. The largest absolute Gasteiger partial charge is 0.342 e. The number of carbonyl (C=O) groups is 1. The van der Waals surface area contributed by atoms with Crippen molar-refractivity contribution >= 4 is 5.91 Å². The monoisotopic (exact) mass is 208 g/mol. The molecule has 1 amide bonds. The maximum atomic E-state index is 12.1. The molecule has 1 saturated heterocycles. The van der Waals surface area contributed by atoms with Gasteiger partial charge < -0.3 is 10.6 Å². The van der Waals surface area contributed by atoms with Crippen molar-refractivity contribution in [2.45, 2.75) is 25.7 Å². The zero-order chi connectivity index (χ0) is 10.7. The molecule has 1 aliphatic heterocycles. The lowest BCUT2D eigenvalue weighted by Gasteiger charge is -2.24. The van der Waals surface area contributed by atoms with Crippen molar-refractivity contribution in [3.63, 3.8) is 0 Å². The predicted octanol–water partition coefficient (Wildman–Crippen LogP) is 1.15. The lowest BCUT2D eigenvalue weighted by molar-refractivity contribution is -0.134. The molecule has 3 heteroatoms. The summed E-state index contributed by atoms with van der Waals surface area (Å²) in [5, 5.41) is 0. The minimum absolute atomic E-state index is 0.242. The van der Waals surface area contributed by atoms with Crippen LogP contribution in [0.2, 0.25) is 0 Å². The van der Waals surface area contributed by atoms with E-state index in [4.69, 9.17) is 5.73 Å². The van der Waals surface area contributed by atoms with E-state index in [0.29, 0.717) is 18.4 Å². The quantitative estimate of drug-likeness (QED) is 0.692. The van der Waals surface area contributed by atoms with Gasteiger partial charge in [0, 0.05) is 19.0 Å². The van der Waals surface area contributed by atoms with Crippen molar-refractivity contribution in [3.8, 4) is 0 Å². The van der Waals surface area contributed by atoms with E-state index in [1.165, 1.54) is 0 Å². The van der Waals surface area contributed by atoms with Crippen LogP contribution in [-0.4, -0.2) is 30.4 Å². The molecule has 1 heterocycles. The van der Waals surface area contributed by atoms with Gasteiger partial charge in [0.1, 0.15) is 0 Å². The minimum Gasteiger partial charge on any atom is -0.342 e. The van der Waals surface area contributed by atoms with Crippen LogP contribution >= 0.6 is 0 Å². The highest BCUT2D eigenvalue weighted by molar-refractivity contribution is 5.79. The van der Waals surface area contributed by atoms with Gasteiger partial charge in [0.25, 0.3) is 0 Å². The molecule has 0 bridgehead atoms. The van der Waals surface area contributed by atoms with Gasteiger partial charge >= 0.3 is 0 Å². The van der Waals surface area contributed by atoms with Crippen LogP contribution in [0.25, 0.3) is 0 Å². The fraction of sp³-hybridized carbons (Fsp3) is 0.750. The fourth-order valence-corrected chi connectivity index (χ4v) is 2.50. The summed E-state index contributed by atoms with van der Waals surface area (Å²) in [5.74, 6) is 1.13. The number of likely N-dealkylation sites (tertiary alicyclic amines) is 1. The second-order valence-corrected chi connectivity index (χ2v) is 4.66. The molecule has 0 radical (unpaired) electrons. The molecule has 2 rings (SSSR count). The van der Waals surface area contributed by atoms with Gasteiger partial charge in [-0.25, -0.2) is 0 Å². The lowest BCUT2D eigenvalue weighted by atomic mass is 9.93. The van der Waals surface area contributed by atoms with Crippen molar-refractivity contribution in [2.75, 3.05) is 19.6 Å². The number of allylic oxidation sites excluding steroid dienone is 2. The molecule has 0 aromatic heterocycles. The first-order valence-electron chi connectivity index (χ1n) is 5.95. The Morgan fingerprint density at radius 2 is 2.27 bits per heavy atom. The SMILES string of the molecule is NCC1CCN(C(=O)C2CC=CCC2)C1. The van der Waals surface area contributed by atoms with Crippen LogP contribution in [0.4, 0.5) is 0 Å². The van der Waals surface area contributed by atoms with Crippen LogP contribution in [0.1, 0.15) is 25.7 Å². The molecule has 2 N–H and O–H groups in total. The number of nitrogens with zero attached hydrogens (tertiary/aromatic N) is 1. The third-order valence-corrected chi connectivity index (χ3v) is 3.55. The standard InChI is InChI=1S/C12H20N2O/c13-8-10-6-7-14(9-10)12(15)11-4-2-1-3-5-11/h1-2,10-11H,3-9,13H2. The maximum Gasteiger partial charge on any atom is 0.226 e.